The van der Waals surface area contributed by atoms with Crippen LogP contribution in [-0.2, 0) is 17.8 Å². The van der Waals surface area contributed by atoms with E-state index < -0.39 is 0 Å². The first-order valence-electron chi connectivity index (χ1n) is 6.65. The van der Waals surface area contributed by atoms with Crippen molar-refractivity contribution < 1.29 is 4.79 Å². The molecular formula is C15H17IN2O. The molecule has 1 aromatic heterocycles. The van der Waals surface area contributed by atoms with E-state index in [2.05, 4.69) is 58.0 Å². The topological polar surface area (TPSA) is 44.9 Å². The number of aryl methyl sites for hydroxylation is 1. The van der Waals surface area contributed by atoms with Gasteiger partial charge in [-0.25, -0.2) is 0 Å². The maximum atomic E-state index is 11.4. The Hall–Kier alpha value is -1.04. The van der Waals surface area contributed by atoms with Gasteiger partial charge in [0.05, 0.1) is 9.94 Å². The Kier molecular flexibility index (Phi) is 3.52. The molecule has 3 nitrogen and oxygen atoms in total. The third-order valence-electron chi connectivity index (χ3n) is 3.96. The smallest absolute Gasteiger partial charge is 0.230 e. The molecule has 1 aromatic carbocycles. The van der Waals surface area contributed by atoms with Crippen LogP contribution in [0, 0.1) is 0 Å². The number of carbonyl (C=O) groups is 1. The summed E-state index contributed by atoms with van der Waals surface area (Å²) >= 11 is 2.08. The molecule has 1 heterocycles. The number of H-pyrrole nitrogens is 1. The average molecular weight is 368 g/mol. The molecule has 1 unspecified atom stereocenters. The zero-order valence-corrected chi connectivity index (χ0v) is 13.1. The minimum atomic E-state index is 0.0880. The second-order valence-electron chi connectivity index (χ2n) is 5.21. The van der Waals surface area contributed by atoms with Crippen molar-refractivity contribution >= 4 is 39.4 Å². The first kappa shape index (κ1) is 13.0. The molecule has 19 heavy (non-hydrogen) atoms. The van der Waals surface area contributed by atoms with Crippen molar-refractivity contribution in [3.05, 3.63) is 35.0 Å². The molecule has 4 heteroatoms. The largest absolute Gasteiger partial charge is 0.358 e. The number of aromatic nitrogens is 1. The predicted molar refractivity (Wildman–Crippen MR) is 85.8 cm³/mol. The van der Waals surface area contributed by atoms with E-state index >= 15 is 0 Å². The number of rotatable bonds is 3. The van der Waals surface area contributed by atoms with Crippen LogP contribution in [-0.4, -0.2) is 15.3 Å². The summed E-state index contributed by atoms with van der Waals surface area (Å²) in [7, 11) is 0. The summed E-state index contributed by atoms with van der Waals surface area (Å²) in [5, 5.41) is 4.28. The standard InChI is InChI=1S/C15H17IN2O/c1-9-5-6-12-14(9)11-4-2-3-10(15(11)18-12)8-17-13(19)7-16/h2-4,9,18H,5-8H2,1H3,(H,17,19). The number of alkyl halides is 1. The SMILES string of the molecule is CC1CCc2[nH]c3c(CNC(=O)CI)cccc3c21. The van der Waals surface area contributed by atoms with Crippen LogP contribution in [0.1, 0.15) is 36.1 Å². The third-order valence-corrected chi connectivity index (χ3v) is 4.65. The molecule has 1 aliphatic rings. The zero-order valence-electron chi connectivity index (χ0n) is 10.9. The normalized spacial score (nSPS) is 17.7. The molecule has 1 aliphatic carbocycles. The highest BCUT2D eigenvalue weighted by molar-refractivity contribution is 14.1. The molecule has 0 saturated heterocycles. The summed E-state index contributed by atoms with van der Waals surface area (Å²) in [5.41, 5.74) is 5.25. The monoisotopic (exact) mass is 368 g/mol. The van der Waals surface area contributed by atoms with Crippen molar-refractivity contribution in [2.24, 2.45) is 0 Å². The maximum Gasteiger partial charge on any atom is 0.230 e. The summed E-state index contributed by atoms with van der Waals surface area (Å²) in [6, 6.07) is 6.37. The van der Waals surface area contributed by atoms with Crippen LogP contribution < -0.4 is 5.32 Å². The minimum absolute atomic E-state index is 0.0880. The van der Waals surface area contributed by atoms with Crippen LogP contribution in [0.25, 0.3) is 10.9 Å². The zero-order chi connectivity index (χ0) is 13.4. The Morgan fingerprint density at radius 1 is 1.53 bits per heavy atom. The Bertz CT molecular complexity index is 632. The number of benzene rings is 1. The van der Waals surface area contributed by atoms with Crippen LogP contribution in [0.3, 0.4) is 0 Å². The van der Waals surface area contributed by atoms with Crippen LogP contribution in [0.2, 0.25) is 0 Å². The fourth-order valence-electron chi connectivity index (χ4n) is 3.01. The Labute approximate surface area is 126 Å². The molecule has 2 N–H and O–H groups in total. The lowest BCUT2D eigenvalue weighted by atomic mass is 10.0. The third kappa shape index (κ3) is 2.26. The molecule has 2 aromatic rings. The lowest BCUT2D eigenvalue weighted by molar-refractivity contribution is -0.118. The van der Waals surface area contributed by atoms with Crippen molar-refractivity contribution in [1.82, 2.24) is 10.3 Å². The Balaban J connectivity index is 1.98. The number of aromatic amines is 1. The van der Waals surface area contributed by atoms with Crippen molar-refractivity contribution in [1.29, 1.82) is 0 Å². The highest BCUT2D eigenvalue weighted by Crippen LogP contribution is 2.38. The number of para-hydroxylation sites is 1. The van der Waals surface area contributed by atoms with E-state index in [4.69, 9.17) is 0 Å². The number of nitrogens with one attached hydrogen (secondary N) is 2. The van der Waals surface area contributed by atoms with Gasteiger partial charge in [-0.3, -0.25) is 4.79 Å². The number of amides is 1. The molecule has 1 atom stereocenters. The molecule has 0 bridgehead atoms. The Morgan fingerprint density at radius 3 is 3.16 bits per heavy atom. The van der Waals surface area contributed by atoms with E-state index in [1.165, 1.54) is 34.1 Å². The molecule has 100 valence electrons. The summed E-state index contributed by atoms with van der Waals surface area (Å²) in [6.07, 6.45) is 2.39. The number of hydrogen-bond acceptors (Lipinski definition) is 1. The van der Waals surface area contributed by atoms with Crippen LogP contribution in [0.5, 0.6) is 0 Å². The van der Waals surface area contributed by atoms with E-state index in [0.29, 0.717) is 16.9 Å². The summed E-state index contributed by atoms with van der Waals surface area (Å²) in [6.45, 7) is 2.90. The molecule has 3 rings (SSSR count). The van der Waals surface area contributed by atoms with Gasteiger partial charge in [0.1, 0.15) is 0 Å². The molecule has 0 saturated carbocycles. The second-order valence-corrected chi connectivity index (χ2v) is 5.97. The van der Waals surface area contributed by atoms with Crippen molar-refractivity contribution in [2.45, 2.75) is 32.2 Å². The van der Waals surface area contributed by atoms with Crippen LogP contribution in [0.4, 0.5) is 0 Å². The molecule has 0 aliphatic heterocycles. The number of hydrogen-bond donors (Lipinski definition) is 2. The van der Waals surface area contributed by atoms with Gasteiger partial charge < -0.3 is 10.3 Å². The fraction of sp³-hybridized carbons (Fsp3) is 0.400. The highest BCUT2D eigenvalue weighted by atomic mass is 127. The molecule has 0 spiro atoms. The second kappa shape index (κ2) is 5.15. The lowest BCUT2D eigenvalue weighted by Gasteiger charge is -2.07. The van der Waals surface area contributed by atoms with Crippen LogP contribution >= 0.6 is 22.6 Å². The van der Waals surface area contributed by atoms with E-state index in [-0.39, 0.29) is 5.91 Å². The number of halogens is 1. The van der Waals surface area contributed by atoms with Gasteiger partial charge in [-0.15, -0.1) is 0 Å². The summed E-state index contributed by atoms with van der Waals surface area (Å²) in [4.78, 5) is 14.9. The van der Waals surface area contributed by atoms with Gasteiger partial charge in [-0.2, -0.15) is 0 Å². The van der Waals surface area contributed by atoms with Crippen LogP contribution in [0.15, 0.2) is 18.2 Å². The van der Waals surface area contributed by atoms with Gasteiger partial charge in [0.25, 0.3) is 0 Å². The molecule has 0 radical (unpaired) electrons. The van der Waals surface area contributed by atoms with E-state index in [9.17, 15) is 4.79 Å². The van der Waals surface area contributed by atoms with Gasteiger partial charge in [-0.05, 0) is 29.9 Å². The van der Waals surface area contributed by atoms with Crippen molar-refractivity contribution in [3.8, 4) is 0 Å². The van der Waals surface area contributed by atoms with Gasteiger partial charge in [-0.1, -0.05) is 47.7 Å². The molecule has 0 fully saturated rings. The van der Waals surface area contributed by atoms with Crippen molar-refractivity contribution in [2.75, 3.05) is 4.43 Å². The molecular weight excluding hydrogens is 351 g/mol. The maximum absolute atomic E-state index is 11.4. The fourth-order valence-corrected chi connectivity index (χ4v) is 3.28. The average Bonchev–Trinajstić information content (AvgIpc) is 2.96. The van der Waals surface area contributed by atoms with Gasteiger partial charge in [0, 0.05) is 17.6 Å². The van der Waals surface area contributed by atoms with Gasteiger partial charge in [0.2, 0.25) is 5.91 Å². The number of fused-ring (bicyclic) bond motifs is 3. The summed E-state index contributed by atoms with van der Waals surface area (Å²) < 4.78 is 0.506. The minimum Gasteiger partial charge on any atom is -0.358 e. The molecule has 1 amide bonds. The first-order valence-corrected chi connectivity index (χ1v) is 8.18. The van der Waals surface area contributed by atoms with Gasteiger partial charge in [0.15, 0.2) is 0 Å². The predicted octanol–water partition coefficient (Wildman–Crippen LogP) is 3.27. The number of carbonyl (C=O) groups excluding carboxylic acids is 1. The lowest BCUT2D eigenvalue weighted by Crippen LogP contribution is -2.23. The quantitative estimate of drug-likeness (QED) is 0.634. The van der Waals surface area contributed by atoms with Gasteiger partial charge >= 0.3 is 0 Å². The summed E-state index contributed by atoms with van der Waals surface area (Å²) in [5.74, 6) is 0.730. The van der Waals surface area contributed by atoms with E-state index in [1.807, 2.05) is 0 Å². The van der Waals surface area contributed by atoms with E-state index in [0.717, 1.165) is 6.42 Å². The van der Waals surface area contributed by atoms with Crippen molar-refractivity contribution in [3.63, 3.8) is 0 Å². The first-order chi connectivity index (χ1) is 9.20. The highest BCUT2D eigenvalue weighted by Gasteiger charge is 2.24. The Morgan fingerprint density at radius 2 is 2.37 bits per heavy atom. The van der Waals surface area contributed by atoms with E-state index in [1.54, 1.807) is 0 Å².